The van der Waals surface area contributed by atoms with Gasteiger partial charge in [0, 0.05) is 12.0 Å². The molecule has 0 spiro atoms. The van der Waals surface area contributed by atoms with Gasteiger partial charge in [0.2, 0.25) is 0 Å². The van der Waals surface area contributed by atoms with Gasteiger partial charge < -0.3 is 10.0 Å². The van der Waals surface area contributed by atoms with E-state index in [0.717, 1.165) is 6.42 Å². The van der Waals surface area contributed by atoms with Gasteiger partial charge in [-0.3, -0.25) is 0 Å². The Labute approximate surface area is 134 Å². The first-order valence-electron chi connectivity index (χ1n) is 6.91. The minimum atomic E-state index is 0.280. The first kappa shape index (κ1) is 14.7. The summed E-state index contributed by atoms with van der Waals surface area (Å²) in [5.74, 6) is 0.596. The monoisotopic (exact) mass is 321 g/mol. The number of phenols is 1. The molecule has 2 nitrogen and oxygen atoms in total. The van der Waals surface area contributed by atoms with Crippen LogP contribution in [0.2, 0.25) is 10.0 Å². The lowest BCUT2D eigenvalue weighted by Crippen LogP contribution is -2.17. The van der Waals surface area contributed by atoms with E-state index in [4.69, 9.17) is 23.2 Å². The molecule has 1 aliphatic rings. The highest BCUT2D eigenvalue weighted by atomic mass is 35.5. The Morgan fingerprint density at radius 2 is 1.76 bits per heavy atom. The standard InChI is InChI=1S/C17H17Cl2NO/c1-20(2)17-9-13(10-3-6-15(18)16(19)7-10)12-5-4-11(21)8-14(12)17/h3-8,13,17,21H,9H2,1-2H3/t13-,17+/m0/s1. The molecule has 2 atom stereocenters. The molecule has 2 aromatic carbocycles. The molecule has 0 fully saturated rings. The molecule has 0 aliphatic heterocycles. The normalized spacial score (nSPS) is 20.8. The van der Waals surface area contributed by atoms with E-state index in [1.807, 2.05) is 30.3 Å². The van der Waals surface area contributed by atoms with E-state index in [-0.39, 0.29) is 5.92 Å². The Balaban J connectivity index is 2.07. The molecule has 1 aliphatic carbocycles. The summed E-state index contributed by atoms with van der Waals surface area (Å²) >= 11 is 12.2. The first-order valence-corrected chi connectivity index (χ1v) is 7.67. The first-order chi connectivity index (χ1) is 9.97. The Bertz CT molecular complexity index is 684. The van der Waals surface area contributed by atoms with Crippen molar-refractivity contribution < 1.29 is 5.11 Å². The Hall–Kier alpha value is -1.22. The number of hydrogen-bond donors (Lipinski definition) is 1. The van der Waals surface area contributed by atoms with Gasteiger partial charge in [-0.15, -0.1) is 0 Å². The Morgan fingerprint density at radius 1 is 1.00 bits per heavy atom. The second-order valence-electron chi connectivity index (χ2n) is 5.75. The van der Waals surface area contributed by atoms with Crippen LogP contribution in [0.4, 0.5) is 0 Å². The summed E-state index contributed by atoms with van der Waals surface area (Å²) in [6.45, 7) is 0. The molecule has 0 bridgehead atoms. The fraction of sp³-hybridized carbons (Fsp3) is 0.294. The highest BCUT2D eigenvalue weighted by Gasteiger charge is 2.33. The zero-order chi connectivity index (χ0) is 15.1. The predicted octanol–water partition coefficient (Wildman–Crippen LogP) is 4.84. The van der Waals surface area contributed by atoms with Crippen LogP contribution in [-0.2, 0) is 0 Å². The van der Waals surface area contributed by atoms with Crippen LogP contribution in [0.1, 0.15) is 35.1 Å². The van der Waals surface area contributed by atoms with E-state index in [0.29, 0.717) is 21.8 Å². The van der Waals surface area contributed by atoms with Crippen LogP contribution in [0.5, 0.6) is 5.75 Å². The van der Waals surface area contributed by atoms with E-state index in [9.17, 15) is 5.11 Å². The molecule has 4 heteroatoms. The lowest BCUT2D eigenvalue weighted by atomic mass is 9.93. The number of benzene rings is 2. The maximum Gasteiger partial charge on any atom is 0.115 e. The summed E-state index contributed by atoms with van der Waals surface area (Å²) in [5, 5.41) is 10.9. The van der Waals surface area contributed by atoms with Gasteiger partial charge in [-0.25, -0.2) is 0 Å². The average Bonchev–Trinajstić information content (AvgIpc) is 2.80. The largest absolute Gasteiger partial charge is 0.508 e. The maximum absolute atomic E-state index is 9.78. The van der Waals surface area contributed by atoms with Crippen molar-refractivity contribution in [3.8, 4) is 5.75 Å². The van der Waals surface area contributed by atoms with E-state index < -0.39 is 0 Å². The van der Waals surface area contributed by atoms with Gasteiger partial charge in [0.15, 0.2) is 0 Å². The number of halogens is 2. The van der Waals surface area contributed by atoms with E-state index in [2.05, 4.69) is 19.0 Å². The highest BCUT2D eigenvalue weighted by molar-refractivity contribution is 6.42. The topological polar surface area (TPSA) is 23.5 Å². The van der Waals surface area contributed by atoms with Crippen molar-refractivity contribution >= 4 is 23.2 Å². The molecule has 2 aromatic rings. The number of nitrogens with zero attached hydrogens (tertiary/aromatic N) is 1. The predicted molar refractivity (Wildman–Crippen MR) is 87.5 cm³/mol. The number of fused-ring (bicyclic) bond motifs is 1. The summed E-state index contributed by atoms with van der Waals surface area (Å²) in [7, 11) is 4.13. The highest BCUT2D eigenvalue weighted by Crippen LogP contribution is 2.47. The van der Waals surface area contributed by atoms with Gasteiger partial charge in [-0.05, 0) is 61.5 Å². The molecule has 110 valence electrons. The van der Waals surface area contributed by atoms with Crippen LogP contribution in [0.15, 0.2) is 36.4 Å². The van der Waals surface area contributed by atoms with Crippen molar-refractivity contribution in [3.63, 3.8) is 0 Å². The van der Waals surface area contributed by atoms with Gasteiger partial charge in [0.05, 0.1) is 10.0 Å². The molecular weight excluding hydrogens is 305 g/mol. The fourth-order valence-electron chi connectivity index (χ4n) is 3.18. The van der Waals surface area contributed by atoms with Gasteiger partial charge in [-0.2, -0.15) is 0 Å². The van der Waals surface area contributed by atoms with Gasteiger partial charge in [-0.1, -0.05) is 35.3 Å². The molecular formula is C17H17Cl2NO. The van der Waals surface area contributed by atoms with Crippen molar-refractivity contribution in [1.29, 1.82) is 0 Å². The molecule has 0 saturated carbocycles. The molecule has 0 aromatic heterocycles. The van der Waals surface area contributed by atoms with Crippen LogP contribution >= 0.6 is 23.2 Å². The summed E-state index contributed by atoms with van der Waals surface area (Å²) in [6, 6.07) is 11.8. The second-order valence-corrected chi connectivity index (χ2v) is 6.57. The van der Waals surface area contributed by atoms with Crippen LogP contribution in [-0.4, -0.2) is 24.1 Å². The molecule has 1 N–H and O–H groups in total. The van der Waals surface area contributed by atoms with Crippen LogP contribution in [0.3, 0.4) is 0 Å². The molecule has 21 heavy (non-hydrogen) atoms. The van der Waals surface area contributed by atoms with Gasteiger partial charge in [0.25, 0.3) is 0 Å². The quantitative estimate of drug-likeness (QED) is 0.855. The van der Waals surface area contributed by atoms with Crippen molar-refractivity contribution in [1.82, 2.24) is 4.90 Å². The number of aromatic hydroxyl groups is 1. The summed E-state index contributed by atoms with van der Waals surface area (Å²) in [5.41, 5.74) is 3.61. The summed E-state index contributed by atoms with van der Waals surface area (Å²) in [6.07, 6.45) is 0.976. The SMILES string of the molecule is CN(C)[C@@H]1C[C@@H](c2ccc(Cl)c(Cl)c2)c2ccc(O)cc21. The molecule has 0 radical (unpaired) electrons. The van der Waals surface area contributed by atoms with Gasteiger partial charge in [0.1, 0.15) is 5.75 Å². The Kier molecular flexibility index (Phi) is 3.87. The molecule has 0 unspecified atom stereocenters. The fourth-order valence-corrected chi connectivity index (χ4v) is 3.49. The smallest absolute Gasteiger partial charge is 0.115 e. The molecule has 0 saturated heterocycles. The van der Waals surface area contributed by atoms with Crippen molar-refractivity contribution in [2.45, 2.75) is 18.4 Å². The van der Waals surface area contributed by atoms with Crippen molar-refractivity contribution in [3.05, 3.63) is 63.1 Å². The number of rotatable bonds is 2. The van der Waals surface area contributed by atoms with E-state index in [1.54, 1.807) is 6.07 Å². The lowest BCUT2D eigenvalue weighted by molar-refractivity contribution is 0.293. The summed E-state index contributed by atoms with van der Waals surface area (Å²) < 4.78 is 0. The van der Waals surface area contributed by atoms with Crippen LogP contribution < -0.4 is 0 Å². The Morgan fingerprint density at radius 3 is 2.43 bits per heavy atom. The van der Waals surface area contributed by atoms with Crippen LogP contribution in [0.25, 0.3) is 0 Å². The minimum Gasteiger partial charge on any atom is -0.508 e. The molecule has 0 heterocycles. The zero-order valence-corrected chi connectivity index (χ0v) is 13.5. The minimum absolute atomic E-state index is 0.280. The maximum atomic E-state index is 9.78. The third kappa shape index (κ3) is 2.64. The lowest BCUT2D eigenvalue weighted by Gasteiger charge is -2.20. The number of phenolic OH excluding ortho intramolecular Hbond substituents is 1. The average molecular weight is 322 g/mol. The molecule has 3 rings (SSSR count). The van der Waals surface area contributed by atoms with Gasteiger partial charge >= 0.3 is 0 Å². The molecule has 0 amide bonds. The van der Waals surface area contributed by atoms with E-state index in [1.165, 1.54) is 16.7 Å². The van der Waals surface area contributed by atoms with Crippen molar-refractivity contribution in [2.24, 2.45) is 0 Å². The third-order valence-corrected chi connectivity index (χ3v) is 4.97. The summed E-state index contributed by atoms with van der Waals surface area (Å²) in [4.78, 5) is 2.19. The zero-order valence-electron chi connectivity index (χ0n) is 12.0. The van der Waals surface area contributed by atoms with Crippen LogP contribution in [0, 0.1) is 0 Å². The van der Waals surface area contributed by atoms with Crippen molar-refractivity contribution in [2.75, 3.05) is 14.1 Å². The van der Waals surface area contributed by atoms with E-state index >= 15 is 0 Å². The second kappa shape index (κ2) is 5.53. The number of hydrogen-bond acceptors (Lipinski definition) is 2. The third-order valence-electron chi connectivity index (χ3n) is 4.23.